The van der Waals surface area contributed by atoms with Crippen molar-refractivity contribution in [3.63, 3.8) is 0 Å². The molecular formula is C15H21N3O. The number of rotatable bonds is 6. The second-order valence-electron chi connectivity index (χ2n) is 4.61. The smallest absolute Gasteiger partial charge is 0.122 e. The predicted octanol–water partition coefficient (Wildman–Crippen LogP) is 2.02. The molecule has 0 aliphatic carbocycles. The lowest BCUT2D eigenvalue weighted by atomic mass is 10.0. The van der Waals surface area contributed by atoms with Crippen LogP contribution in [0.15, 0.2) is 36.7 Å². The molecule has 0 aliphatic heterocycles. The molecule has 0 bridgehead atoms. The van der Waals surface area contributed by atoms with Crippen LogP contribution in [0.5, 0.6) is 5.75 Å². The van der Waals surface area contributed by atoms with Crippen molar-refractivity contribution < 1.29 is 4.74 Å². The summed E-state index contributed by atoms with van der Waals surface area (Å²) in [7, 11) is 1.69. The first kappa shape index (κ1) is 13.6. The molecule has 1 aromatic heterocycles. The maximum Gasteiger partial charge on any atom is 0.122 e. The second-order valence-corrected chi connectivity index (χ2v) is 4.61. The third-order valence-electron chi connectivity index (χ3n) is 3.26. The molecular weight excluding hydrogens is 238 g/mol. The van der Waals surface area contributed by atoms with E-state index in [1.54, 1.807) is 7.11 Å². The summed E-state index contributed by atoms with van der Waals surface area (Å²) >= 11 is 0. The second kappa shape index (κ2) is 6.38. The molecule has 19 heavy (non-hydrogen) atoms. The summed E-state index contributed by atoms with van der Waals surface area (Å²) in [6.07, 6.45) is 5.39. The van der Waals surface area contributed by atoms with E-state index >= 15 is 0 Å². The van der Waals surface area contributed by atoms with Gasteiger partial charge in [-0.05, 0) is 25.0 Å². The summed E-state index contributed by atoms with van der Waals surface area (Å²) in [5.41, 5.74) is 7.38. The number of hydrogen-bond donors (Lipinski definition) is 1. The van der Waals surface area contributed by atoms with E-state index < -0.39 is 0 Å². The Morgan fingerprint density at radius 2 is 2.11 bits per heavy atom. The molecule has 1 aromatic carbocycles. The summed E-state index contributed by atoms with van der Waals surface area (Å²) in [5, 5.41) is 0. The molecule has 0 saturated heterocycles. The number of imidazole rings is 1. The molecule has 1 heterocycles. The molecule has 2 rings (SSSR count). The van der Waals surface area contributed by atoms with Crippen LogP contribution in [0.3, 0.4) is 0 Å². The average molecular weight is 259 g/mol. The third kappa shape index (κ3) is 3.35. The highest BCUT2D eigenvalue weighted by Crippen LogP contribution is 2.19. The fourth-order valence-corrected chi connectivity index (χ4v) is 2.28. The molecule has 0 radical (unpaired) electrons. The van der Waals surface area contributed by atoms with Gasteiger partial charge in [-0.3, -0.25) is 0 Å². The highest BCUT2D eigenvalue weighted by molar-refractivity contribution is 5.33. The highest BCUT2D eigenvalue weighted by Gasteiger charge is 2.11. The zero-order valence-corrected chi connectivity index (χ0v) is 11.5. The van der Waals surface area contributed by atoms with Gasteiger partial charge in [0.15, 0.2) is 0 Å². The van der Waals surface area contributed by atoms with E-state index in [0.29, 0.717) is 0 Å². The van der Waals surface area contributed by atoms with Crippen LogP contribution in [0.1, 0.15) is 18.3 Å². The average Bonchev–Trinajstić information content (AvgIpc) is 2.86. The monoisotopic (exact) mass is 259 g/mol. The summed E-state index contributed by atoms with van der Waals surface area (Å²) in [4.78, 5) is 4.36. The van der Waals surface area contributed by atoms with Gasteiger partial charge in [-0.15, -0.1) is 0 Å². The zero-order valence-electron chi connectivity index (χ0n) is 11.5. The van der Waals surface area contributed by atoms with Crippen LogP contribution in [-0.2, 0) is 19.4 Å². The minimum Gasteiger partial charge on any atom is -0.496 e. The van der Waals surface area contributed by atoms with Gasteiger partial charge in [-0.1, -0.05) is 18.2 Å². The van der Waals surface area contributed by atoms with Gasteiger partial charge in [0.2, 0.25) is 0 Å². The van der Waals surface area contributed by atoms with E-state index in [2.05, 4.69) is 22.5 Å². The van der Waals surface area contributed by atoms with Crippen molar-refractivity contribution in [3.05, 3.63) is 48.0 Å². The molecule has 0 aliphatic rings. The fourth-order valence-electron chi connectivity index (χ4n) is 2.28. The number of nitrogens with two attached hydrogens (primary N) is 1. The van der Waals surface area contributed by atoms with Crippen LogP contribution in [0.2, 0.25) is 0 Å². The molecule has 0 saturated carbocycles. The van der Waals surface area contributed by atoms with Crippen LogP contribution in [0.25, 0.3) is 0 Å². The SMILES string of the molecule is CCn1ccnc1CC(N)Cc1ccccc1OC. The van der Waals surface area contributed by atoms with Gasteiger partial charge < -0.3 is 15.0 Å². The van der Waals surface area contributed by atoms with Crippen LogP contribution in [0, 0.1) is 0 Å². The van der Waals surface area contributed by atoms with Crippen molar-refractivity contribution in [1.82, 2.24) is 9.55 Å². The Balaban J connectivity index is 2.03. The largest absolute Gasteiger partial charge is 0.496 e. The molecule has 1 unspecified atom stereocenters. The highest BCUT2D eigenvalue weighted by atomic mass is 16.5. The van der Waals surface area contributed by atoms with E-state index in [4.69, 9.17) is 10.5 Å². The van der Waals surface area contributed by atoms with E-state index in [1.807, 2.05) is 30.6 Å². The van der Waals surface area contributed by atoms with Crippen molar-refractivity contribution >= 4 is 0 Å². The Kier molecular flexibility index (Phi) is 4.58. The summed E-state index contributed by atoms with van der Waals surface area (Å²) in [6, 6.07) is 8.05. The molecule has 0 spiro atoms. The number of aromatic nitrogens is 2. The normalized spacial score (nSPS) is 12.4. The lowest BCUT2D eigenvalue weighted by molar-refractivity contribution is 0.407. The van der Waals surface area contributed by atoms with Crippen LogP contribution >= 0.6 is 0 Å². The number of para-hydroxylation sites is 1. The maximum atomic E-state index is 6.24. The van der Waals surface area contributed by atoms with E-state index in [9.17, 15) is 0 Å². The van der Waals surface area contributed by atoms with Gasteiger partial charge in [-0.25, -0.2) is 4.98 Å². The Morgan fingerprint density at radius 1 is 1.32 bits per heavy atom. The fraction of sp³-hybridized carbons (Fsp3) is 0.400. The predicted molar refractivity (Wildman–Crippen MR) is 76.3 cm³/mol. The van der Waals surface area contributed by atoms with Gasteiger partial charge in [0.25, 0.3) is 0 Å². The molecule has 2 N–H and O–H groups in total. The van der Waals surface area contributed by atoms with E-state index in [0.717, 1.165) is 36.5 Å². The van der Waals surface area contributed by atoms with Gasteiger partial charge in [0.1, 0.15) is 11.6 Å². The van der Waals surface area contributed by atoms with Crippen LogP contribution < -0.4 is 10.5 Å². The van der Waals surface area contributed by atoms with E-state index in [1.165, 1.54) is 0 Å². The van der Waals surface area contributed by atoms with Crippen molar-refractivity contribution in [3.8, 4) is 5.75 Å². The first-order chi connectivity index (χ1) is 9.24. The van der Waals surface area contributed by atoms with Crippen molar-refractivity contribution in [2.24, 2.45) is 5.73 Å². The van der Waals surface area contributed by atoms with Crippen molar-refractivity contribution in [2.45, 2.75) is 32.4 Å². The summed E-state index contributed by atoms with van der Waals surface area (Å²) < 4.78 is 7.48. The third-order valence-corrected chi connectivity index (χ3v) is 3.26. The molecule has 4 nitrogen and oxygen atoms in total. The van der Waals surface area contributed by atoms with E-state index in [-0.39, 0.29) is 6.04 Å². The number of ether oxygens (including phenoxy) is 1. The van der Waals surface area contributed by atoms with Gasteiger partial charge in [0.05, 0.1) is 7.11 Å². The number of methoxy groups -OCH3 is 1. The number of benzene rings is 1. The first-order valence-electron chi connectivity index (χ1n) is 6.62. The van der Waals surface area contributed by atoms with Gasteiger partial charge in [-0.2, -0.15) is 0 Å². The molecule has 0 fully saturated rings. The minimum absolute atomic E-state index is 0.0454. The Morgan fingerprint density at radius 3 is 2.84 bits per heavy atom. The molecule has 102 valence electrons. The first-order valence-corrected chi connectivity index (χ1v) is 6.62. The van der Waals surface area contributed by atoms with Gasteiger partial charge in [0, 0.05) is 31.4 Å². The standard InChI is InChI=1S/C15H21N3O/c1-3-18-9-8-17-15(18)11-13(16)10-12-6-4-5-7-14(12)19-2/h4-9,13H,3,10-11,16H2,1-2H3. The lowest BCUT2D eigenvalue weighted by Gasteiger charge is -2.14. The topological polar surface area (TPSA) is 53.1 Å². The quantitative estimate of drug-likeness (QED) is 0.863. The summed E-state index contributed by atoms with van der Waals surface area (Å²) in [6.45, 7) is 3.04. The maximum absolute atomic E-state index is 6.24. The summed E-state index contributed by atoms with van der Waals surface area (Å²) in [5.74, 6) is 1.95. The Labute approximate surface area is 114 Å². The van der Waals surface area contributed by atoms with Gasteiger partial charge >= 0.3 is 0 Å². The minimum atomic E-state index is 0.0454. The number of nitrogens with zero attached hydrogens (tertiary/aromatic N) is 2. The van der Waals surface area contributed by atoms with Crippen molar-refractivity contribution in [2.75, 3.05) is 7.11 Å². The van der Waals surface area contributed by atoms with Crippen molar-refractivity contribution in [1.29, 1.82) is 0 Å². The Bertz CT molecular complexity index is 522. The molecule has 4 heteroatoms. The molecule has 1 atom stereocenters. The zero-order chi connectivity index (χ0) is 13.7. The van der Waals surface area contributed by atoms with Crippen LogP contribution in [-0.4, -0.2) is 22.7 Å². The number of hydrogen-bond acceptors (Lipinski definition) is 3. The number of aryl methyl sites for hydroxylation is 1. The lowest BCUT2D eigenvalue weighted by Crippen LogP contribution is -2.27. The molecule has 2 aromatic rings. The molecule has 0 amide bonds. The van der Waals surface area contributed by atoms with Crippen LogP contribution in [0.4, 0.5) is 0 Å². The Hall–Kier alpha value is -1.81.